The van der Waals surface area contributed by atoms with Gasteiger partial charge in [-0.2, -0.15) is 24.9 Å². The Hall–Kier alpha value is -0.920. The molecule has 4 nitrogen and oxygen atoms in total. The lowest BCUT2D eigenvalue weighted by Crippen LogP contribution is -2.36. The second-order valence-electron chi connectivity index (χ2n) is 4.69. The molecule has 1 unspecified atom stereocenters. The van der Waals surface area contributed by atoms with Crippen LogP contribution in [0, 0.1) is 17.8 Å². The maximum absolute atomic E-state index is 12.8. The highest BCUT2D eigenvalue weighted by atomic mass is 32.2. The van der Waals surface area contributed by atoms with Gasteiger partial charge in [-0.3, -0.25) is 9.59 Å². The largest absolute Gasteiger partial charge is 0.481 e. The van der Waals surface area contributed by atoms with Gasteiger partial charge in [0.2, 0.25) is 5.91 Å². The van der Waals surface area contributed by atoms with E-state index in [0.717, 1.165) is 4.90 Å². The molecule has 0 aromatic carbocycles. The first-order chi connectivity index (χ1) is 8.68. The number of hydrogen-bond acceptors (Lipinski definition) is 3. The van der Waals surface area contributed by atoms with Crippen molar-refractivity contribution < 1.29 is 27.9 Å². The fourth-order valence-electron chi connectivity index (χ4n) is 2.20. The summed E-state index contributed by atoms with van der Waals surface area (Å²) in [5, 5.41) is 8.85. The number of carbonyl (C=O) groups excluding carboxylic acids is 1. The van der Waals surface area contributed by atoms with Crippen LogP contribution in [0.5, 0.6) is 0 Å². The number of carboxylic acids is 1. The normalized spacial score (nSPS) is 25.4. The molecule has 0 aromatic heterocycles. The number of aliphatic carboxylic acids is 1. The Labute approximate surface area is 113 Å². The Morgan fingerprint density at radius 3 is 2.37 bits per heavy atom. The number of rotatable bonds is 4. The Kier molecular flexibility index (Phi) is 5.11. The molecule has 0 aliphatic carbocycles. The van der Waals surface area contributed by atoms with E-state index in [1.165, 1.54) is 11.8 Å². The van der Waals surface area contributed by atoms with Gasteiger partial charge in [0, 0.05) is 24.8 Å². The summed E-state index contributed by atoms with van der Waals surface area (Å²) in [5.74, 6) is -5.36. The van der Waals surface area contributed by atoms with Crippen molar-refractivity contribution in [3.63, 3.8) is 0 Å². The number of carboxylic acid groups (broad SMARTS) is 1. The van der Waals surface area contributed by atoms with E-state index < -0.39 is 42.4 Å². The number of alkyl halides is 3. The van der Waals surface area contributed by atoms with Crippen molar-refractivity contribution in [1.82, 2.24) is 4.90 Å². The van der Waals surface area contributed by atoms with Gasteiger partial charge in [0.05, 0.1) is 11.8 Å². The molecule has 1 heterocycles. The van der Waals surface area contributed by atoms with E-state index in [4.69, 9.17) is 5.11 Å². The predicted molar refractivity (Wildman–Crippen MR) is 64.8 cm³/mol. The van der Waals surface area contributed by atoms with Crippen molar-refractivity contribution in [3.05, 3.63) is 0 Å². The van der Waals surface area contributed by atoms with Gasteiger partial charge < -0.3 is 10.0 Å². The minimum absolute atomic E-state index is 0.364. The van der Waals surface area contributed by atoms with Crippen LogP contribution in [0.1, 0.15) is 6.92 Å². The molecule has 1 rings (SSSR count). The van der Waals surface area contributed by atoms with Crippen molar-refractivity contribution in [2.24, 2.45) is 17.8 Å². The molecule has 19 heavy (non-hydrogen) atoms. The summed E-state index contributed by atoms with van der Waals surface area (Å²) in [6, 6.07) is 0. The van der Waals surface area contributed by atoms with Crippen LogP contribution in [-0.2, 0) is 9.59 Å². The van der Waals surface area contributed by atoms with Gasteiger partial charge in [-0.15, -0.1) is 0 Å². The van der Waals surface area contributed by atoms with Crippen LogP contribution in [0.2, 0.25) is 0 Å². The van der Waals surface area contributed by atoms with Crippen molar-refractivity contribution >= 4 is 23.6 Å². The van der Waals surface area contributed by atoms with Crippen LogP contribution in [0.15, 0.2) is 0 Å². The van der Waals surface area contributed by atoms with Crippen molar-refractivity contribution in [1.29, 1.82) is 0 Å². The second-order valence-corrected chi connectivity index (χ2v) is 5.60. The molecule has 1 N–H and O–H groups in total. The zero-order valence-electron chi connectivity index (χ0n) is 10.6. The molecule has 0 bridgehead atoms. The van der Waals surface area contributed by atoms with E-state index in [9.17, 15) is 22.8 Å². The summed E-state index contributed by atoms with van der Waals surface area (Å²) in [5.41, 5.74) is 0. The maximum Gasteiger partial charge on any atom is 0.394 e. The van der Waals surface area contributed by atoms with Gasteiger partial charge in [-0.1, -0.05) is 6.92 Å². The average Bonchev–Trinajstić information content (AvgIpc) is 2.72. The number of carbonyl (C=O) groups is 2. The molecule has 3 atom stereocenters. The third kappa shape index (κ3) is 3.77. The molecule has 1 fully saturated rings. The summed E-state index contributed by atoms with van der Waals surface area (Å²) in [6.07, 6.45) is -2.80. The summed E-state index contributed by atoms with van der Waals surface area (Å²) in [4.78, 5) is 23.8. The Balaban J connectivity index is 2.81. The van der Waals surface area contributed by atoms with Crippen LogP contribution >= 0.6 is 11.8 Å². The minimum atomic E-state index is -4.60. The first-order valence-electron chi connectivity index (χ1n) is 5.75. The monoisotopic (exact) mass is 299 g/mol. The quantitative estimate of drug-likeness (QED) is 0.858. The zero-order chi connectivity index (χ0) is 14.8. The highest BCUT2D eigenvalue weighted by molar-refractivity contribution is 7.98. The van der Waals surface area contributed by atoms with Crippen molar-refractivity contribution in [3.8, 4) is 0 Å². The average molecular weight is 299 g/mol. The van der Waals surface area contributed by atoms with Crippen LogP contribution in [-0.4, -0.2) is 53.2 Å². The lowest BCUT2D eigenvalue weighted by Gasteiger charge is -2.21. The first-order valence-corrected chi connectivity index (χ1v) is 7.15. The third-order valence-electron chi connectivity index (χ3n) is 3.21. The van der Waals surface area contributed by atoms with E-state index in [1.54, 1.807) is 13.2 Å². The van der Waals surface area contributed by atoms with Crippen molar-refractivity contribution in [2.45, 2.75) is 13.1 Å². The number of thioether (sulfide) groups is 1. The molecule has 0 radical (unpaired) electrons. The van der Waals surface area contributed by atoms with Gasteiger partial charge in [0.1, 0.15) is 0 Å². The molecule has 8 heteroatoms. The molecule has 1 aliphatic heterocycles. The van der Waals surface area contributed by atoms with E-state index in [2.05, 4.69) is 0 Å². The molecule has 0 saturated carbocycles. The molecule has 1 saturated heterocycles. The highest BCUT2D eigenvalue weighted by Crippen LogP contribution is 2.38. The summed E-state index contributed by atoms with van der Waals surface area (Å²) in [6.45, 7) is 0.713. The molecular weight excluding hydrogens is 283 g/mol. The minimum Gasteiger partial charge on any atom is -0.481 e. The van der Waals surface area contributed by atoms with Crippen LogP contribution < -0.4 is 0 Å². The highest BCUT2D eigenvalue weighted by Gasteiger charge is 2.53. The molecule has 1 amide bonds. The van der Waals surface area contributed by atoms with Gasteiger partial charge in [-0.25, -0.2) is 0 Å². The number of likely N-dealkylation sites (tertiary alicyclic amines) is 1. The van der Waals surface area contributed by atoms with Crippen LogP contribution in [0.3, 0.4) is 0 Å². The van der Waals surface area contributed by atoms with E-state index in [-0.39, 0.29) is 6.54 Å². The fourth-order valence-corrected chi connectivity index (χ4v) is 2.84. The lowest BCUT2D eigenvalue weighted by atomic mass is 9.96. The fraction of sp³-hybridized carbons (Fsp3) is 0.818. The number of hydrogen-bond donors (Lipinski definition) is 1. The molecule has 0 spiro atoms. The van der Waals surface area contributed by atoms with Gasteiger partial charge in [0.15, 0.2) is 0 Å². The smallest absolute Gasteiger partial charge is 0.394 e. The second kappa shape index (κ2) is 6.02. The Morgan fingerprint density at radius 2 is 2.00 bits per heavy atom. The van der Waals surface area contributed by atoms with Gasteiger partial charge >= 0.3 is 12.1 Å². The van der Waals surface area contributed by atoms with Crippen LogP contribution in [0.4, 0.5) is 13.2 Å². The molecular formula is C11H16F3NO3S. The van der Waals surface area contributed by atoms with Crippen molar-refractivity contribution in [2.75, 3.05) is 25.1 Å². The zero-order valence-corrected chi connectivity index (χ0v) is 11.4. The molecule has 0 aromatic rings. The summed E-state index contributed by atoms with van der Waals surface area (Å²) >= 11 is 1.42. The summed E-state index contributed by atoms with van der Waals surface area (Å²) in [7, 11) is 0. The van der Waals surface area contributed by atoms with Gasteiger partial charge in [0.25, 0.3) is 0 Å². The molecule has 1 aliphatic rings. The third-order valence-corrected chi connectivity index (χ3v) is 4.04. The Morgan fingerprint density at radius 1 is 1.42 bits per heavy atom. The number of nitrogens with zero attached hydrogens (tertiary/aromatic N) is 1. The number of halogens is 3. The van der Waals surface area contributed by atoms with E-state index >= 15 is 0 Å². The SMILES string of the molecule is CSCC(C)C(=O)N1C[C@@H](C(F)(F)F)[C@H](C(=O)O)C1. The van der Waals surface area contributed by atoms with Crippen LogP contribution in [0.25, 0.3) is 0 Å². The topological polar surface area (TPSA) is 57.6 Å². The number of amides is 1. The van der Waals surface area contributed by atoms with E-state index in [0.29, 0.717) is 5.75 Å². The lowest BCUT2D eigenvalue weighted by molar-refractivity contribution is -0.188. The molecule has 110 valence electrons. The first kappa shape index (κ1) is 16.1. The summed E-state index contributed by atoms with van der Waals surface area (Å²) < 4.78 is 38.3. The predicted octanol–water partition coefficient (Wildman–Crippen LogP) is 1.71. The van der Waals surface area contributed by atoms with Gasteiger partial charge in [-0.05, 0) is 6.26 Å². The standard InChI is InChI=1S/C11H16F3NO3S/c1-6(5-19-2)9(16)15-3-7(10(17)18)8(4-15)11(12,13)14/h6-8H,3-5H2,1-2H3,(H,17,18)/t6?,7-,8-/m1/s1. The Bertz CT molecular complexity index is 362. The van der Waals surface area contributed by atoms with E-state index in [1.807, 2.05) is 0 Å². The maximum atomic E-state index is 12.8.